The Labute approximate surface area is 160 Å². The van der Waals surface area contributed by atoms with Gasteiger partial charge in [0.15, 0.2) is 0 Å². The fourth-order valence-corrected chi connectivity index (χ4v) is 3.04. The first-order chi connectivity index (χ1) is 12.9. The summed E-state index contributed by atoms with van der Waals surface area (Å²) in [7, 11) is 1.52. The van der Waals surface area contributed by atoms with Crippen LogP contribution in [0.25, 0.3) is 10.9 Å². The van der Waals surface area contributed by atoms with Crippen LogP contribution in [0.15, 0.2) is 41.3 Å². The number of rotatable bonds is 5. The van der Waals surface area contributed by atoms with E-state index >= 15 is 0 Å². The van der Waals surface area contributed by atoms with Crippen molar-refractivity contribution in [3.05, 3.63) is 57.5 Å². The number of nitrogens with one attached hydrogen (secondary N) is 3. The Kier molecular flexibility index (Phi) is 5.32. The van der Waals surface area contributed by atoms with E-state index < -0.39 is 0 Å². The SMILES string of the molecule is COc1cc2[nH]c(=O)c(C(C)Nc3cc(NC(C)=O)ccn3)cc2cc1Cl. The molecule has 0 radical (unpaired) electrons. The Morgan fingerprint density at radius 2 is 2.07 bits per heavy atom. The summed E-state index contributed by atoms with van der Waals surface area (Å²) in [6.45, 7) is 3.29. The largest absolute Gasteiger partial charge is 0.495 e. The molecule has 27 heavy (non-hydrogen) atoms. The highest BCUT2D eigenvalue weighted by Gasteiger charge is 2.13. The lowest BCUT2D eigenvalue weighted by molar-refractivity contribution is -0.114. The van der Waals surface area contributed by atoms with Crippen LogP contribution >= 0.6 is 11.6 Å². The van der Waals surface area contributed by atoms with E-state index in [1.165, 1.54) is 14.0 Å². The molecule has 3 aromatic rings. The second-order valence-electron chi connectivity index (χ2n) is 6.10. The molecule has 0 fully saturated rings. The average Bonchev–Trinajstić information content (AvgIpc) is 2.60. The van der Waals surface area contributed by atoms with Gasteiger partial charge in [-0.2, -0.15) is 0 Å². The molecule has 3 rings (SSSR count). The monoisotopic (exact) mass is 386 g/mol. The van der Waals surface area contributed by atoms with E-state index in [9.17, 15) is 9.59 Å². The summed E-state index contributed by atoms with van der Waals surface area (Å²) in [5.41, 5.74) is 1.59. The highest BCUT2D eigenvalue weighted by molar-refractivity contribution is 6.32. The number of methoxy groups -OCH3 is 1. The molecular formula is C19H19ClN4O3. The van der Waals surface area contributed by atoms with Gasteiger partial charge in [0, 0.05) is 41.9 Å². The Morgan fingerprint density at radius 3 is 2.78 bits per heavy atom. The standard InChI is InChI=1S/C19H19ClN4O3/c1-10(22-18-8-13(4-5-21-18)23-11(2)25)14-6-12-7-15(20)17(27-3)9-16(12)24-19(14)26/h4-10H,1-3H3,(H,24,26)(H2,21,22,23,25). The third kappa shape index (κ3) is 4.20. The molecular weight excluding hydrogens is 368 g/mol. The fourth-order valence-electron chi connectivity index (χ4n) is 2.79. The zero-order chi connectivity index (χ0) is 19.6. The van der Waals surface area contributed by atoms with Crippen molar-refractivity contribution in [2.75, 3.05) is 17.7 Å². The summed E-state index contributed by atoms with van der Waals surface area (Å²) in [5, 5.41) is 7.13. The number of fused-ring (bicyclic) bond motifs is 1. The zero-order valence-electron chi connectivity index (χ0n) is 15.1. The summed E-state index contributed by atoms with van der Waals surface area (Å²) >= 11 is 6.19. The van der Waals surface area contributed by atoms with Crippen LogP contribution in [0.5, 0.6) is 5.75 Å². The second-order valence-corrected chi connectivity index (χ2v) is 6.51. The molecule has 0 aliphatic rings. The molecule has 2 aromatic heterocycles. The third-order valence-electron chi connectivity index (χ3n) is 4.06. The highest BCUT2D eigenvalue weighted by atomic mass is 35.5. The van der Waals surface area contributed by atoms with Crippen molar-refractivity contribution >= 4 is 39.9 Å². The first-order valence-electron chi connectivity index (χ1n) is 8.28. The van der Waals surface area contributed by atoms with Gasteiger partial charge in [0.05, 0.1) is 23.7 Å². The van der Waals surface area contributed by atoms with E-state index in [0.29, 0.717) is 33.4 Å². The van der Waals surface area contributed by atoms with E-state index in [2.05, 4.69) is 20.6 Å². The summed E-state index contributed by atoms with van der Waals surface area (Å²) in [5.74, 6) is 0.872. The molecule has 1 aromatic carbocycles. The minimum Gasteiger partial charge on any atom is -0.495 e. The molecule has 0 aliphatic carbocycles. The number of nitrogens with zero attached hydrogens (tertiary/aromatic N) is 1. The van der Waals surface area contributed by atoms with Gasteiger partial charge in [-0.3, -0.25) is 9.59 Å². The van der Waals surface area contributed by atoms with Gasteiger partial charge in [0.25, 0.3) is 5.56 Å². The number of benzene rings is 1. The number of halogens is 1. The zero-order valence-corrected chi connectivity index (χ0v) is 15.8. The fraction of sp³-hybridized carbons (Fsp3) is 0.211. The molecule has 0 spiro atoms. The number of aromatic nitrogens is 2. The number of anilines is 2. The van der Waals surface area contributed by atoms with Gasteiger partial charge in [-0.25, -0.2) is 4.98 Å². The molecule has 1 atom stereocenters. The molecule has 3 N–H and O–H groups in total. The van der Waals surface area contributed by atoms with Crippen LogP contribution in [0.3, 0.4) is 0 Å². The first-order valence-corrected chi connectivity index (χ1v) is 8.66. The number of hydrogen-bond donors (Lipinski definition) is 3. The number of pyridine rings is 2. The first kappa shape index (κ1) is 18.7. The van der Waals surface area contributed by atoms with Gasteiger partial charge in [-0.1, -0.05) is 11.6 Å². The normalized spacial score (nSPS) is 11.9. The Balaban J connectivity index is 1.91. The van der Waals surface area contributed by atoms with Gasteiger partial charge >= 0.3 is 0 Å². The maximum Gasteiger partial charge on any atom is 0.253 e. The molecule has 7 nitrogen and oxygen atoms in total. The maximum atomic E-state index is 12.5. The van der Waals surface area contributed by atoms with Gasteiger partial charge in [0.2, 0.25) is 5.91 Å². The molecule has 1 unspecified atom stereocenters. The number of amides is 1. The van der Waals surface area contributed by atoms with E-state index in [-0.39, 0.29) is 17.5 Å². The second kappa shape index (κ2) is 7.67. The lowest BCUT2D eigenvalue weighted by Gasteiger charge is -2.16. The number of H-pyrrole nitrogens is 1. The van der Waals surface area contributed by atoms with Gasteiger partial charge < -0.3 is 20.4 Å². The average molecular weight is 387 g/mol. The Morgan fingerprint density at radius 1 is 1.30 bits per heavy atom. The predicted molar refractivity (Wildman–Crippen MR) is 107 cm³/mol. The van der Waals surface area contributed by atoms with Crippen molar-refractivity contribution < 1.29 is 9.53 Å². The minimum absolute atomic E-state index is 0.168. The number of carbonyl (C=O) groups excluding carboxylic acids is 1. The third-order valence-corrected chi connectivity index (χ3v) is 4.35. The topological polar surface area (TPSA) is 96.1 Å². The van der Waals surface area contributed by atoms with Crippen LogP contribution in [0, 0.1) is 0 Å². The summed E-state index contributed by atoms with van der Waals surface area (Å²) in [6.07, 6.45) is 1.58. The van der Waals surface area contributed by atoms with Crippen molar-refractivity contribution in [3.8, 4) is 5.75 Å². The van der Waals surface area contributed by atoms with E-state index in [0.717, 1.165) is 5.39 Å². The van der Waals surface area contributed by atoms with Crippen molar-refractivity contribution in [3.63, 3.8) is 0 Å². The molecule has 1 amide bonds. The Hall–Kier alpha value is -3.06. The van der Waals surface area contributed by atoms with E-state index in [1.54, 1.807) is 36.5 Å². The quantitative estimate of drug-likeness (QED) is 0.621. The van der Waals surface area contributed by atoms with Gasteiger partial charge in [0.1, 0.15) is 11.6 Å². The molecule has 140 valence electrons. The van der Waals surface area contributed by atoms with E-state index in [1.807, 2.05) is 6.92 Å². The maximum absolute atomic E-state index is 12.5. The number of aromatic amines is 1. The van der Waals surface area contributed by atoms with Crippen molar-refractivity contribution in [2.45, 2.75) is 19.9 Å². The summed E-state index contributed by atoms with van der Waals surface area (Å²) < 4.78 is 5.18. The number of carbonyl (C=O) groups is 1. The molecule has 0 saturated heterocycles. The van der Waals surface area contributed by atoms with Crippen LogP contribution < -0.4 is 20.9 Å². The van der Waals surface area contributed by atoms with Crippen LogP contribution in [0.2, 0.25) is 5.02 Å². The summed E-state index contributed by atoms with van der Waals surface area (Å²) in [4.78, 5) is 30.8. The van der Waals surface area contributed by atoms with Crippen molar-refractivity contribution in [1.29, 1.82) is 0 Å². The lowest BCUT2D eigenvalue weighted by atomic mass is 10.1. The number of hydrogen-bond acceptors (Lipinski definition) is 5. The van der Waals surface area contributed by atoms with Crippen molar-refractivity contribution in [1.82, 2.24) is 9.97 Å². The predicted octanol–water partition coefficient (Wildman–Crippen LogP) is 3.72. The summed E-state index contributed by atoms with van der Waals surface area (Å²) in [6, 6.07) is 8.30. The Bertz CT molecular complexity index is 1060. The van der Waals surface area contributed by atoms with Crippen LogP contribution in [-0.4, -0.2) is 23.0 Å². The number of ether oxygens (including phenoxy) is 1. The lowest BCUT2D eigenvalue weighted by Crippen LogP contribution is -2.20. The van der Waals surface area contributed by atoms with Crippen LogP contribution in [-0.2, 0) is 4.79 Å². The van der Waals surface area contributed by atoms with Crippen molar-refractivity contribution in [2.24, 2.45) is 0 Å². The smallest absolute Gasteiger partial charge is 0.253 e. The van der Waals surface area contributed by atoms with Crippen LogP contribution in [0.4, 0.5) is 11.5 Å². The molecule has 0 saturated carbocycles. The molecule has 0 bridgehead atoms. The van der Waals surface area contributed by atoms with E-state index in [4.69, 9.17) is 16.3 Å². The van der Waals surface area contributed by atoms with Gasteiger partial charge in [-0.15, -0.1) is 0 Å². The van der Waals surface area contributed by atoms with Crippen LogP contribution in [0.1, 0.15) is 25.5 Å². The molecule has 2 heterocycles. The highest BCUT2D eigenvalue weighted by Crippen LogP contribution is 2.29. The molecule has 8 heteroatoms. The molecule has 0 aliphatic heterocycles. The minimum atomic E-state index is -0.320. The van der Waals surface area contributed by atoms with Gasteiger partial charge in [-0.05, 0) is 25.1 Å².